The average molecular weight is 441 g/mol. The summed E-state index contributed by atoms with van der Waals surface area (Å²) < 4.78 is 30.0. The first-order chi connectivity index (χ1) is 14.3. The van der Waals surface area contributed by atoms with Crippen molar-refractivity contribution in [2.24, 2.45) is 0 Å². The van der Waals surface area contributed by atoms with Crippen LogP contribution in [0, 0.1) is 0 Å². The molecule has 0 spiro atoms. The van der Waals surface area contributed by atoms with Crippen molar-refractivity contribution in [3.8, 4) is 11.1 Å². The zero-order chi connectivity index (χ0) is 21.3. The first-order valence-corrected chi connectivity index (χ1v) is 10.8. The molecule has 4 rings (SSSR count). The molecule has 7 nitrogen and oxygen atoms in total. The van der Waals surface area contributed by atoms with Crippen molar-refractivity contribution in [3.63, 3.8) is 0 Å². The molecule has 2 aromatic heterocycles. The number of rotatable bonds is 5. The fraction of sp³-hybridized carbons (Fsp3) is 0.0476. The fourth-order valence-corrected chi connectivity index (χ4v) is 4.26. The van der Waals surface area contributed by atoms with Gasteiger partial charge in [-0.05, 0) is 47.5 Å². The summed E-state index contributed by atoms with van der Waals surface area (Å²) in [6.45, 7) is 1.38. The van der Waals surface area contributed by atoms with Crippen LogP contribution in [0.2, 0.25) is 5.02 Å². The molecule has 0 aliphatic carbocycles. The molecule has 2 N–H and O–H groups in total. The third-order valence-electron chi connectivity index (χ3n) is 4.40. The molecule has 0 bridgehead atoms. The third-order valence-corrected chi connectivity index (χ3v) is 6.06. The predicted molar refractivity (Wildman–Crippen MR) is 117 cm³/mol. The van der Waals surface area contributed by atoms with Crippen molar-refractivity contribution in [3.05, 3.63) is 77.9 Å². The Kier molecular flexibility index (Phi) is 5.19. The molecule has 152 valence electrons. The quantitative estimate of drug-likeness (QED) is 0.480. The molecule has 0 fully saturated rings. The van der Waals surface area contributed by atoms with Crippen molar-refractivity contribution in [1.29, 1.82) is 0 Å². The van der Waals surface area contributed by atoms with E-state index in [1.54, 1.807) is 6.07 Å². The van der Waals surface area contributed by atoms with Gasteiger partial charge in [0, 0.05) is 12.6 Å². The molecule has 0 radical (unpaired) electrons. The number of hydrogen-bond acceptors (Lipinski definition) is 4. The largest absolute Gasteiger partial charge is 0.326 e. The molecule has 0 aliphatic rings. The lowest BCUT2D eigenvalue weighted by Crippen LogP contribution is -2.16. The maximum atomic E-state index is 13.0. The lowest BCUT2D eigenvalue weighted by molar-refractivity contribution is -0.114. The van der Waals surface area contributed by atoms with Gasteiger partial charge in [-0.2, -0.15) is 5.10 Å². The van der Waals surface area contributed by atoms with Crippen LogP contribution in [0.3, 0.4) is 0 Å². The Balaban J connectivity index is 1.74. The van der Waals surface area contributed by atoms with Crippen LogP contribution >= 0.6 is 11.6 Å². The van der Waals surface area contributed by atoms with Crippen LogP contribution in [-0.4, -0.2) is 23.9 Å². The first-order valence-electron chi connectivity index (χ1n) is 8.97. The highest BCUT2D eigenvalue weighted by molar-refractivity contribution is 7.92. The number of nitrogens with zero attached hydrogens (tertiary/aromatic N) is 2. The summed E-state index contributed by atoms with van der Waals surface area (Å²) in [4.78, 5) is 11.2. The number of hydrogen-bond donors (Lipinski definition) is 2. The third kappa shape index (κ3) is 4.00. The highest BCUT2D eigenvalue weighted by Crippen LogP contribution is 2.30. The SMILES string of the molecule is CC(=O)Nc1ccc(S(=O)(=O)Nc2cc(-c3ccccc3)cc3c(Cl)cnn23)cc1. The zero-order valence-electron chi connectivity index (χ0n) is 15.8. The van der Waals surface area contributed by atoms with Gasteiger partial charge in [-0.15, -0.1) is 0 Å². The number of pyridine rings is 1. The van der Waals surface area contributed by atoms with Gasteiger partial charge in [0.1, 0.15) is 5.82 Å². The number of halogens is 1. The minimum atomic E-state index is -3.91. The molecule has 4 aromatic rings. The standard InChI is InChI=1S/C21H17ClN4O3S/c1-14(27)24-17-7-9-18(10-8-17)30(28,29)25-21-12-16(15-5-3-2-4-6-15)11-20-19(22)13-23-26(20)21/h2-13,25H,1H3,(H,24,27). The molecule has 0 saturated heterocycles. The molecular formula is C21H17ClN4O3S. The number of amides is 1. The van der Waals surface area contributed by atoms with Crippen molar-refractivity contribution in [1.82, 2.24) is 9.61 Å². The van der Waals surface area contributed by atoms with E-state index >= 15 is 0 Å². The average Bonchev–Trinajstić information content (AvgIpc) is 3.09. The van der Waals surface area contributed by atoms with E-state index in [2.05, 4.69) is 15.1 Å². The maximum absolute atomic E-state index is 13.0. The zero-order valence-corrected chi connectivity index (χ0v) is 17.4. The van der Waals surface area contributed by atoms with Gasteiger partial charge >= 0.3 is 0 Å². The Labute approximate surface area is 178 Å². The number of carbonyl (C=O) groups excluding carboxylic acids is 1. The van der Waals surface area contributed by atoms with Crippen molar-refractivity contribution in [2.45, 2.75) is 11.8 Å². The Morgan fingerprint density at radius 3 is 2.37 bits per heavy atom. The van der Waals surface area contributed by atoms with Crippen LogP contribution < -0.4 is 10.0 Å². The molecule has 1 amide bonds. The van der Waals surface area contributed by atoms with E-state index in [0.29, 0.717) is 16.2 Å². The number of anilines is 2. The minimum Gasteiger partial charge on any atom is -0.326 e. The van der Waals surface area contributed by atoms with E-state index in [-0.39, 0.29) is 16.6 Å². The van der Waals surface area contributed by atoms with E-state index < -0.39 is 10.0 Å². The summed E-state index contributed by atoms with van der Waals surface area (Å²) in [6.07, 6.45) is 1.46. The number of nitrogens with one attached hydrogen (secondary N) is 2. The second-order valence-electron chi connectivity index (χ2n) is 6.60. The van der Waals surface area contributed by atoms with E-state index in [1.165, 1.54) is 41.9 Å². The van der Waals surface area contributed by atoms with Crippen LogP contribution in [0.5, 0.6) is 0 Å². The van der Waals surface area contributed by atoms with Gasteiger partial charge in [-0.3, -0.25) is 9.52 Å². The van der Waals surface area contributed by atoms with Crippen molar-refractivity contribution < 1.29 is 13.2 Å². The number of fused-ring (bicyclic) bond motifs is 1. The predicted octanol–water partition coefficient (Wildman–Crippen LogP) is 4.41. The Morgan fingerprint density at radius 1 is 1.00 bits per heavy atom. The normalized spacial score (nSPS) is 11.4. The second-order valence-corrected chi connectivity index (χ2v) is 8.69. The Hall–Kier alpha value is -3.36. The molecule has 0 atom stereocenters. The van der Waals surface area contributed by atoms with Crippen molar-refractivity contribution in [2.75, 3.05) is 10.0 Å². The van der Waals surface area contributed by atoms with Gasteiger partial charge in [0.05, 0.1) is 21.6 Å². The molecule has 2 aromatic carbocycles. The molecule has 30 heavy (non-hydrogen) atoms. The number of carbonyl (C=O) groups is 1. The molecule has 0 saturated carbocycles. The number of benzene rings is 2. The van der Waals surface area contributed by atoms with Crippen LogP contribution in [0.4, 0.5) is 11.5 Å². The summed E-state index contributed by atoms with van der Waals surface area (Å²) in [5.41, 5.74) is 2.80. The second kappa shape index (κ2) is 7.81. The van der Waals surface area contributed by atoms with E-state index in [0.717, 1.165) is 11.1 Å². The Morgan fingerprint density at radius 2 is 1.70 bits per heavy atom. The Bertz CT molecular complexity index is 1330. The van der Waals surface area contributed by atoms with E-state index in [9.17, 15) is 13.2 Å². The highest BCUT2D eigenvalue weighted by atomic mass is 35.5. The van der Waals surface area contributed by atoms with Gasteiger partial charge in [0.2, 0.25) is 5.91 Å². The molecule has 2 heterocycles. The van der Waals surface area contributed by atoms with Gasteiger partial charge in [-0.1, -0.05) is 41.9 Å². The van der Waals surface area contributed by atoms with Gasteiger partial charge < -0.3 is 5.32 Å². The van der Waals surface area contributed by atoms with E-state index in [4.69, 9.17) is 11.6 Å². The summed E-state index contributed by atoms with van der Waals surface area (Å²) in [7, 11) is -3.91. The highest BCUT2D eigenvalue weighted by Gasteiger charge is 2.18. The lowest BCUT2D eigenvalue weighted by atomic mass is 10.1. The van der Waals surface area contributed by atoms with Crippen LogP contribution in [0.25, 0.3) is 16.6 Å². The minimum absolute atomic E-state index is 0.0492. The lowest BCUT2D eigenvalue weighted by Gasteiger charge is -2.13. The monoisotopic (exact) mass is 440 g/mol. The molecule has 0 unspecified atom stereocenters. The summed E-state index contributed by atoms with van der Waals surface area (Å²) in [5, 5.41) is 7.20. The van der Waals surface area contributed by atoms with E-state index in [1.807, 2.05) is 36.4 Å². The number of sulfonamides is 1. The maximum Gasteiger partial charge on any atom is 0.263 e. The van der Waals surface area contributed by atoms with Crippen LogP contribution in [0.1, 0.15) is 6.92 Å². The van der Waals surface area contributed by atoms with Gasteiger partial charge in [0.15, 0.2) is 0 Å². The van der Waals surface area contributed by atoms with Crippen LogP contribution in [-0.2, 0) is 14.8 Å². The first kappa shape index (κ1) is 19.9. The van der Waals surface area contributed by atoms with Crippen LogP contribution in [0.15, 0.2) is 77.8 Å². The molecule has 0 aliphatic heterocycles. The topological polar surface area (TPSA) is 92.6 Å². The van der Waals surface area contributed by atoms with Gasteiger partial charge in [-0.25, -0.2) is 12.9 Å². The molecule has 9 heteroatoms. The number of aromatic nitrogens is 2. The summed E-state index contributed by atoms with van der Waals surface area (Å²) >= 11 is 6.26. The van der Waals surface area contributed by atoms with Gasteiger partial charge in [0.25, 0.3) is 10.0 Å². The molecular weight excluding hydrogens is 424 g/mol. The summed E-state index contributed by atoms with van der Waals surface area (Å²) in [5.74, 6) is 0.0172. The summed E-state index contributed by atoms with van der Waals surface area (Å²) in [6, 6.07) is 19.0. The fourth-order valence-electron chi connectivity index (χ4n) is 3.04. The smallest absolute Gasteiger partial charge is 0.263 e. The van der Waals surface area contributed by atoms with Crippen molar-refractivity contribution >= 4 is 44.6 Å².